The van der Waals surface area contributed by atoms with Crippen molar-refractivity contribution in [1.29, 1.82) is 0 Å². The number of methoxy groups -OCH3 is 1. The van der Waals surface area contributed by atoms with Crippen LogP contribution in [0.3, 0.4) is 0 Å². The average Bonchev–Trinajstić information content (AvgIpc) is 2.49. The normalized spacial score (nSPS) is 22.8. The Morgan fingerprint density at radius 1 is 1.23 bits per heavy atom. The summed E-state index contributed by atoms with van der Waals surface area (Å²) in [6.45, 7) is 4.97. The second-order valence-electron chi connectivity index (χ2n) is 5.30. The van der Waals surface area contributed by atoms with E-state index in [1.165, 1.54) is 0 Å². The Kier molecular flexibility index (Phi) is 7.95. The lowest BCUT2D eigenvalue weighted by atomic mass is 9.77. The zero-order valence-electron chi connectivity index (χ0n) is 13.6. The van der Waals surface area contributed by atoms with Gasteiger partial charge < -0.3 is 9.47 Å². The predicted molar refractivity (Wildman–Crippen MR) is 81.9 cm³/mol. The number of ether oxygens (including phenoxy) is 2. The lowest BCUT2D eigenvalue weighted by molar-refractivity contribution is -0.153. The molecule has 0 spiro atoms. The number of aliphatic imine (C=N–C) groups is 1. The first-order chi connectivity index (χ1) is 10.5. The van der Waals surface area contributed by atoms with E-state index in [1.807, 2.05) is 6.92 Å². The molecule has 0 aromatic carbocycles. The van der Waals surface area contributed by atoms with Crippen molar-refractivity contribution >= 4 is 23.2 Å². The quantitative estimate of drug-likeness (QED) is 0.294. The molecule has 22 heavy (non-hydrogen) atoms. The number of hydrogen-bond donors (Lipinski definition) is 0. The van der Waals surface area contributed by atoms with Gasteiger partial charge in [-0.15, -0.1) is 0 Å². The number of hydrogen-bond acceptors (Lipinski definition) is 6. The summed E-state index contributed by atoms with van der Waals surface area (Å²) in [5.41, 5.74) is 0.619. The van der Waals surface area contributed by atoms with Gasteiger partial charge in [-0.05, 0) is 19.8 Å². The summed E-state index contributed by atoms with van der Waals surface area (Å²) < 4.78 is 9.86. The van der Waals surface area contributed by atoms with Crippen LogP contribution in [0.25, 0.3) is 0 Å². The third-order valence-corrected chi connectivity index (χ3v) is 3.68. The first kappa shape index (κ1) is 18.5. The van der Waals surface area contributed by atoms with Crippen LogP contribution in [0.1, 0.15) is 39.5 Å². The van der Waals surface area contributed by atoms with Gasteiger partial charge in [0.2, 0.25) is 0 Å². The molecule has 124 valence electrons. The zero-order chi connectivity index (χ0) is 16.5. The van der Waals surface area contributed by atoms with E-state index >= 15 is 0 Å². The van der Waals surface area contributed by atoms with Gasteiger partial charge in [0.15, 0.2) is 0 Å². The molecule has 0 aromatic rings. The van der Waals surface area contributed by atoms with Gasteiger partial charge in [-0.2, -0.15) is 0 Å². The molecule has 1 saturated carbocycles. The van der Waals surface area contributed by atoms with Gasteiger partial charge in [-0.3, -0.25) is 19.4 Å². The Balaban J connectivity index is 2.73. The molecule has 0 N–H and O–H groups in total. The van der Waals surface area contributed by atoms with Crippen molar-refractivity contribution in [2.75, 3.05) is 26.9 Å². The van der Waals surface area contributed by atoms with Crippen molar-refractivity contribution in [2.24, 2.45) is 16.8 Å². The summed E-state index contributed by atoms with van der Waals surface area (Å²) in [6.07, 6.45) is 1.43. The number of nitrogens with zero attached hydrogens (tertiary/aromatic N) is 1. The smallest absolute Gasteiger partial charge is 0.309 e. The number of ketones is 2. The summed E-state index contributed by atoms with van der Waals surface area (Å²) in [5.74, 6) is -2.32. The minimum Gasteiger partial charge on any atom is -0.466 e. The molecule has 0 saturated heterocycles. The number of carbonyl (C=O) groups is 3. The van der Waals surface area contributed by atoms with Crippen molar-refractivity contribution in [2.45, 2.75) is 39.5 Å². The van der Waals surface area contributed by atoms with E-state index in [-0.39, 0.29) is 31.0 Å². The Labute approximate surface area is 131 Å². The molecule has 6 heteroatoms. The largest absolute Gasteiger partial charge is 0.466 e. The molecule has 0 unspecified atom stereocenters. The van der Waals surface area contributed by atoms with E-state index in [0.717, 1.165) is 6.42 Å². The average molecular weight is 311 g/mol. The minimum absolute atomic E-state index is 0.0618. The third-order valence-electron chi connectivity index (χ3n) is 3.68. The topological polar surface area (TPSA) is 82.0 Å². The second-order valence-corrected chi connectivity index (χ2v) is 5.30. The van der Waals surface area contributed by atoms with Gasteiger partial charge in [0.05, 0.1) is 12.5 Å². The Hall–Kier alpha value is -1.56. The predicted octanol–water partition coefficient (Wildman–Crippen LogP) is 1.60. The Morgan fingerprint density at radius 3 is 2.36 bits per heavy atom. The van der Waals surface area contributed by atoms with Gasteiger partial charge in [-0.25, -0.2) is 0 Å². The first-order valence-corrected chi connectivity index (χ1v) is 7.79. The molecule has 0 bridgehead atoms. The summed E-state index contributed by atoms with van der Waals surface area (Å²) in [4.78, 5) is 40.7. The van der Waals surface area contributed by atoms with Crippen LogP contribution in [0.4, 0.5) is 0 Å². The van der Waals surface area contributed by atoms with E-state index in [4.69, 9.17) is 9.47 Å². The fourth-order valence-electron chi connectivity index (χ4n) is 2.61. The zero-order valence-corrected chi connectivity index (χ0v) is 13.6. The highest BCUT2D eigenvalue weighted by molar-refractivity contribution is 6.23. The van der Waals surface area contributed by atoms with Crippen LogP contribution in [-0.2, 0) is 23.9 Å². The van der Waals surface area contributed by atoms with Crippen LogP contribution < -0.4 is 0 Å². The molecule has 0 atom stereocenters. The molecule has 1 aliphatic carbocycles. The monoisotopic (exact) mass is 311 g/mol. The highest BCUT2D eigenvalue weighted by Crippen LogP contribution is 2.26. The van der Waals surface area contributed by atoms with E-state index in [0.29, 0.717) is 25.3 Å². The van der Waals surface area contributed by atoms with Crippen LogP contribution in [0.2, 0.25) is 0 Å². The SMILES string of the molecule is CCOC(=O)C1CC(=O)C(C(CC)=NCCCOC)C(=O)C1. The molecule has 0 aliphatic heterocycles. The fourth-order valence-corrected chi connectivity index (χ4v) is 2.61. The maximum Gasteiger partial charge on any atom is 0.309 e. The minimum atomic E-state index is -0.779. The van der Waals surface area contributed by atoms with Crippen molar-refractivity contribution in [3.8, 4) is 0 Å². The number of esters is 1. The van der Waals surface area contributed by atoms with Crippen molar-refractivity contribution in [1.82, 2.24) is 0 Å². The maximum atomic E-state index is 12.3. The Bertz CT molecular complexity index is 426. The molecule has 0 amide bonds. The Morgan fingerprint density at radius 2 is 1.86 bits per heavy atom. The van der Waals surface area contributed by atoms with E-state index < -0.39 is 17.8 Å². The van der Waals surface area contributed by atoms with Crippen molar-refractivity contribution < 1.29 is 23.9 Å². The molecule has 1 aliphatic rings. The first-order valence-electron chi connectivity index (χ1n) is 7.79. The van der Waals surface area contributed by atoms with Gasteiger partial charge >= 0.3 is 5.97 Å². The summed E-state index contributed by atoms with van der Waals surface area (Å²) >= 11 is 0. The highest BCUT2D eigenvalue weighted by atomic mass is 16.5. The van der Waals surface area contributed by atoms with Gasteiger partial charge in [0.1, 0.15) is 17.5 Å². The number of Topliss-reactive ketones (excluding diaryl/α,β-unsaturated/α-hetero) is 2. The van der Waals surface area contributed by atoms with Crippen molar-refractivity contribution in [3.63, 3.8) is 0 Å². The molecular weight excluding hydrogens is 286 g/mol. The molecule has 6 nitrogen and oxygen atoms in total. The van der Waals surface area contributed by atoms with Crippen LogP contribution in [0.5, 0.6) is 0 Å². The van der Waals surface area contributed by atoms with Crippen LogP contribution >= 0.6 is 0 Å². The second kappa shape index (κ2) is 9.46. The maximum absolute atomic E-state index is 12.3. The molecule has 1 rings (SSSR count). The van der Waals surface area contributed by atoms with E-state index in [1.54, 1.807) is 14.0 Å². The molecule has 0 heterocycles. The lowest BCUT2D eigenvalue weighted by Crippen LogP contribution is -2.41. The number of rotatable bonds is 8. The van der Waals surface area contributed by atoms with Gasteiger partial charge in [0, 0.05) is 38.8 Å². The summed E-state index contributed by atoms with van der Waals surface area (Å²) in [7, 11) is 1.62. The van der Waals surface area contributed by atoms with Gasteiger partial charge in [0.25, 0.3) is 0 Å². The lowest BCUT2D eigenvalue weighted by Gasteiger charge is -2.25. The third kappa shape index (κ3) is 5.02. The standard InChI is InChI=1S/C16H25NO5/c1-4-12(17-7-6-8-21-3)15-13(18)9-11(10-14(15)19)16(20)22-5-2/h11,15H,4-10H2,1-3H3. The van der Waals surface area contributed by atoms with Crippen LogP contribution in [-0.4, -0.2) is 50.1 Å². The van der Waals surface area contributed by atoms with Crippen molar-refractivity contribution in [3.05, 3.63) is 0 Å². The fraction of sp³-hybridized carbons (Fsp3) is 0.750. The molecule has 0 radical (unpaired) electrons. The molecule has 1 fully saturated rings. The molecular formula is C16H25NO5. The molecule has 0 aromatic heterocycles. The number of carbonyl (C=O) groups excluding carboxylic acids is 3. The van der Waals surface area contributed by atoms with Crippen LogP contribution in [0.15, 0.2) is 4.99 Å². The summed E-state index contributed by atoms with van der Waals surface area (Å²) in [5, 5.41) is 0. The van der Waals surface area contributed by atoms with Crippen LogP contribution in [0, 0.1) is 11.8 Å². The highest BCUT2D eigenvalue weighted by Gasteiger charge is 2.40. The van der Waals surface area contributed by atoms with E-state index in [9.17, 15) is 14.4 Å². The van der Waals surface area contributed by atoms with E-state index in [2.05, 4.69) is 4.99 Å². The summed E-state index contributed by atoms with van der Waals surface area (Å²) in [6, 6.07) is 0. The van der Waals surface area contributed by atoms with Gasteiger partial charge in [-0.1, -0.05) is 6.92 Å².